The summed E-state index contributed by atoms with van der Waals surface area (Å²) in [5.74, 6) is 1.30. The Hall–Kier alpha value is -1.95. The van der Waals surface area contributed by atoms with Gasteiger partial charge in [0.15, 0.2) is 11.5 Å². The van der Waals surface area contributed by atoms with Crippen molar-refractivity contribution in [3.05, 3.63) is 17.7 Å². The highest BCUT2D eigenvalue weighted by molar-refractivity contribution is 5.78. The number of carbonyl (C=O) groups is 1. The quantitative estimate of drug-likeness (QED) is 0.828. The van der Waals surface area contributed by atoms with Crippen LogP contribution in [0.3, 0.4) is 0 Å². The summed E-state index contributed by atoms with van der Waals surface area (Å²) >= 11 is 0. The van der Waals surface area contributed by atoms with Gasteiger partial charge in [-0.1, -0.05) is 0 Å². The Bertz CT molecular complexity index is 501. The van der Waals surface area contributed by atoms with Gasteiger partial charge in [0, 0.05) is 6.04 Å². The molecule has 1 aliphatic rings. The van der Waals surface area contributed by atoms with Crippen LogP contribution in [0.15, 0.2) is 12.1 Å². The minimum absolute atomic E-state index is 0.121. The third-order valence-electron chi connectivity index (χ3n) is 2.95. The molecule has 0 amide bonds. The molecule has 1 N–H and O–H groups in total. The molecule has 1 atom stereocenters. The molecule has 0 bridgehead atoms. The lowest BCUT2D eigenvalue weighted by atomic mass is 10.0. The first-order valence-electron chi connectivity index (χ1n) is 6.38. The lowest BCUT2D eigenvalue weighted by Gasteiger charge is -2.20. The number of esters is 1. The second kappa shape index (κ2) is 6.00. The van der Waals surface area contributed by atoms with Crippen LogP contribution in [0.25, 0.3) is 0 Å². The van der Waals surface area contributed by atoms with Crippen molar-refractivity contribution in [3.8, 4) is 17.2 Å². The minimum Gasteiger partial charge on any atom is -0.493 e. The molecule has 0 spiro atoms. The van der Waals surface area contributed by atoms with Crippen LogP contribution in [0, 0.1) is 0 Å². The van der Waals surface area contributed by atoms with Gasteiger partial charge in [0.05, 0.1) is 14.2 Å². The zero-order chi connectivity index (χ0) is 14.7. The van der Waals surface area contributed by atoms with E-state index >= 15 is 0 Å². The van der Waals surface area contributed by atoms with Gasteiger partial charge in [-0.2, -0.15) is 0 Å². The first-order valence-corrected chi connectivity index (χ1v) is 6.38. The van der Waals surface area contributed by atoms with E-state index in [0.717, 1.165) is 0 Å². The Morgan fingerprint density at radius 3 is 2.65 bits per heavy atom. The molecule has 6 nitrogen and oxygen atoms in total. The molecule has 0 radical (unpaired) electrons. The smallest absolute Gasteiger partial charge is 0.327 e. The monoisotopic (exact) mass is 281 g/mol. The number of carbonyl (C=O) groups excluding carboxylic acids is 1. The number of ether oxygens (including phenoxy) is 4. The van der Waals surface area contributed by atoms with E-state index in [-0.39, 0.29) is 18.8 Å². The Labute approximate surface area is 118 Å². The van der Waals surface area contributed by atoms with E-state index in [1.807, 2.05) is 13.8 Å². The molecule has 20 heavy (non-hydrogen) atoms. The summed E-state index contributed by atoms with van der Waals surface area (Å²) in [5, 5.41) is 3.16. The highest BCUT2D eigenvalue weighted by Crippen LogP contribution is 2.43. The maximum Gasteiger partial charge on any atom is 0.327 e. The predicted molar refractivity (Wildman–Crippen MR) is 72.1 cm³/mol. The average Bonchev–Trinajstić information content (AvgIpc) is 2.90. The van der Waals surface area contributed by atoms with Gasteiger partial charge in [-0.25, -0.2) is 4.79 Å². The molecule has 1 aromatic carbocycles. The van der Waals surface area contributed by atoms with Crippen LogP contribution in [-0.4, -0.2) is 33.0 Å². The number of hydrogen-bond donors (Lipinski definition) is 1. The van der Waals surface area contributed by atoms with E-state index < -0.39 is 6.04 Å². The summed E-state index contributed by atoms with van der Waals surface area (Å²) in [5.41, 5.74) is 0.714. The number of hydrogen-bond acceptors (Lipinski definition) is 6. The zero-order valence-corrected chi connectivity index (χ0v) is 12.1. The fourth-order valence-electron chi connectivity index (χ4n) is 2.07. The topological polar surface area (TPSA) is 66.0 Å². The Kier molecular flexibility index (Phi) is 4.34. The van der Waals surface area contributed by atoms with E-state index in [4.69, 9.17) is 18.9 Å². The highest BCUT2D eigenvalue weighted by atomic mass is 16.7. The molecule has 1 aromatic rings. The molecule has 6 heteroatoms. The fraction of sp³-hybridized carbons (Fsp3) is 0.500. The Morgan fingerprint density at radius 2 is 2.05 bits per heavy atom. The van der Waals surface area contributed by atoms with Gasteiger partial charge in [0.25, 0.3) is 0 Å². The molecule has 1 aliphatic heterocycles. The normalized spacial score (nSPS) is 14.2. The van der Waals surface area contributed by atoms with Crippen LogP contribution in [0.2, 0.25) is 0 Å². The Balaban J connectivity index is 2.40. The van der Waals surface area contributed by atoms with Crippen LogP contribution in [-0.2, 0) is 9.53 Å². The molecular formula is C14H19NO5. The van der Waals surface area contributed by atoms with Crippen molar-refractivity contribution in [2.45, 2.75) is 25.9 Å². The van der Waals surface area contributed by atoms with Gasteiger partial charge in [0.2, 0.25) is 12.5 Å². The van der Waals surface area contributed by atoms with Crippen molar-refractivity contribution in [2.75, 3.05) is 21.0 Å². The third kappa shape index (κ3) is 2.80. The van der Waals surface area contributed by atoms with Crippen molar-refractivity contribution in [3.63, 3.8) is 0 Å². The summed E-state index contributed by atoms with van der Waals surface area (Å²) in [7, 11) is 2.91. The van der Waals surface area contributed by atoms with Gasteiger partial charge >= 0.3 is 5.97 Å². The maximum absolute atomic E-state index is 12.0. The summed E-state index contributed by atoms with van der Waals surface area (Å²) < 4.78 is 20.8. The van der Waals surface area contributed by atoms with Crippen molar-refractivity contribution in [1.82, 2.24) is 5.32 Å². The number of methoxy groups -OCH3 is 2. The van der Waals surface area contributed by atoms with E-state index in [0.29, 0.717) is 22.8 Å². The Morgan fingerprint density at radius 1 is 1.30 bits per heavy atom. The maximum atomic E-state index is 12.0. The molecule has 0 aliphatic carbocycles. The van der Waals surface area contributed by atoms with Crippen molar-refractivity contribution < 1.29 is 23.7 Å². The second-order valence-electron chi connectivity index (χ2n) is 4.73. The van der Waals surface area contributed by atoms with E-state index in [9.17, 15) is 4.79 Å². The molecule has 1 heterocycles. The fourth-order valence-corrected chi connectivity index (χ4v) is 2.07. The van der Waals surface area contributed by atoms with Crippen LogP contribution in [0.4, 0.5) is 0 Å². The molecule has 0 fully saturated rings. The van der Waals surface area contributed by atoms with Gasteiger partial charge in [-0.15, -0.1) is 0 Å². The first-order chi connectivity index (χ1) is 9.56. The standard InChI is InChI=1S/C14H19NO5/c1-8(2)15-12(14(16)18-4)9-5-10(17-3)13-11(6-9)19-7-20-13/h5-6,8,12,15H,7H2,1-4H3. The summed E-state index contributed by atoms with van der Waals surface area (Å²) in [6.45, 7) is 4.07. The lowest BCUT2D eigenvalue weighted by molar-refractivity contribution is -0.143. The number of fused-ring (bicyclic) bond motifs is 1. The van der Waals surface area contributed by atoms with Crippen molar-refractivity contribution in [2.24, 2.45) is 0 Å². The minimum atomic E-state index is -0.580. The predicted octanol–water partition coefficient (Wildman–Crippen LogP) is 1.64. The molecule has 0 saturated heterocycles. The molecule has 1 unspecified atom stereocenters. The van der Waals surface area contributed by atoms with E-state index in [1.165, 1.54) is 7.11 Å². The summed E-state index contributed by atoms with van der Waals surface area (Å²) in [4.78, 5) is 12.0. The molecule has 0 saturated carbocycles. The van der Waals surface area contributed by atoms with Gasteiger partial charge in [-0.05, 0) is 31.5 Å². The average molecular weight is 281 g/mol. The van der Waals surface area contributed by atoms with Crippen LogP contribution in [0.1, 0.15) is 25.5 Å². The van der Waals surface area contributed by atoms with Gasteiger partial charge < -0.3 is 18.9 Å². The third-order valence-corrected chi connectivity index (χ3v) is 2.95. The van der Waals surface area contributed by atoms with Crippen LogP contribution >= 0.6 is 0 Å². The van der Waals surface area contributed by atoms with Crippen molar-refractivity contribution >= 4 is 5.97 Å². The summed E-state index contributed by atoms with van der Waals surface area (Å²) in [6.07, 6.45) is 0. The van der Waals surface area contributed by atoms with Crippen LogP contribution < -0.4 is 19.5 Å². The molecule has 0 aromatic heterocycles. The molecular weight excluding hydrogens is 262 g/mol. The summed E-state index contributed by atoms with van der Waals surface area (Å²) in [6, 6.07) is 3.06. The number of benzene rings is 1. The first kappa shape index (κ1) is 14.5. The van der Waals surface area contributed by atoms with Gasteiger partial charge in [0.1, 0.15) is 6.04 Å². The highest BCUT2D eigenvalue weighted by Gasteiger charge is 2.27. The largest absolute Gasteiger partial charge is 0.493 e. The van der Waals surface area contributed by atoms with Crippen molar-refractivity contribution in [1.29, 1.82) is 0 Å². The second-order valence-corrected chi connectivity index (χ2v) is 4.73. The number of rotatable bonds is 5. The molecule has 2 rings (SSSR count). The van der Waals surface area contributed by atoms with E-state index in [1.54, 1.807) is 19.2 Å². The SMILES string of the molecule is COC(=O)C(NC(C)C)c1cc(OC)c2c(c1)OCO2. The lowest BCUT2D eigenvalue weighted by Crippen LogP contribution is -2.34. The van der Waals surface area contributed by atoms with Gasteiger partial charge in [-0.3, -0.25) is 5.32 Å². The molecule has 110 valence electrons. The van der Waals surface area contributed by atoms with E-state index in [2.05, 4.69) is 5.32 Å². The number of nitrogens with one attached hydrogen (secondary N) is 1. The zero-order valence-electron chi connectivity index (χ0n) is 12.1. The van der Waals surface area contributed by atoms with Crippen LogP contribution in [0.5, 0.6) is 17.2 Å².